The molecule has 1 rings (SSSR count). The van der Waals surface area contributed by atoms with E-state index in [1.807, 2.05) is 0 Å². The van der Waals surface area contributed by atoms with E-state index in [0.717, 1.165) is 6.07 Å². The summed E-state index contributed by atoms with van der Waals surface area (Å²) < 4.78 is 36.9. The van der Waals surface area contributed by atoms with E-state index in [-0.39, 0.29) is 5.95 Å². The zero-order valence-corrected chi connectivity index (χ0v) is 8.05. The van der Waals surface area contributed by atoms with Gasteiger partial charge in [0.25, 0.3) is 0 Å². The Kier molecular flexibility index (Phi) is 2.64. The van der Waals surface area contributed by atoms with Crippen LogP contribution in [0.25, 0.3) is 0 Å². The number of hydrogen-bond donors (Lipinski definition) is 0. The normalized spacial score (nSPS) is 11.6. The molecule has 0 fully saturated rings. The second-order valence-electron chi connectivity index (χ2n) is 3.09. The van der Waals surface area contributed by atoms with Crippen molar-refractivity contribution in [3.8, 4) is 0 Å². The topological polar surface area (TPSA) is 29.0 Å². The summed E-state index contributed by atoms with van der Waals surface area (Å²) in [7, 11) is 3.18. The highest BCUT2D eigenvalue weighted by molar-refractivity contribution is 5.30. The van der Waals surface area contributed by atoms with Crippen molar-refractivity contribution in [2.24, 2.45) is 0 Å². The monoisotopic (exact) mass is 205 g/mol. The summed E-state index contributed by atoms with van der Waals surface area (Å²) in [4.78, 5) is 8.69. The van der Waals surface area contributed by atoms with Crippen LogP contribution in [0.5, 0.6) is 0 Å². The van der Waals surface area contributed by atoms with Crippen molar-refractivity contribution >= 4 is 5.95 Å². The van der Waals surface area contributed by atoms with Crippen molar-refractivity contribution in [1.82, 2.24) is 9.97 Å². The van der Waals surface area contributed by atoms with Crippen molar-refractivity contribution < 1.29 is 13.2 Å². The lowest BCUT2D eigenvalue weighted by Crippen LogP contribution is -2.17. The Bertz CT molecular complexity index is 333. The molecule has 0 atom stereocenters. The van der Waals surface area contributed by atoms with E-state index in [4.69, 9.17) is 0 Å². The van der Waals surface area contributed by atoms with Crippen LogP contribution in [0.3, 0.4) is 0 Å². The Labute approximate surface area is 79.6 Å². The molecule has 0 radical (unpaired) electrons. The molecule has 6 heteroatoms. The molecule has 0 saturated carbocycles. The molecular weight excluding hydrogens is 195 g/mol. The van der Waals surface area contributed by atoms with Gasteiger partial charge >= 0.3 is 6.18 Å². The van der Waals surface area contributed by atoms with Crippen molar-refractivity contribution in [2.75, 3.05) is 19.0 Å². The fourth-order valence-corrected chi connectivity index (χ4v) is 0.898. The second-order valence-corrected chi connectivity index (χ2v) is 3.09. The minimum Gasteiger partial charge on any atom is -0.347 e. The predicted octanol–water partition coefficient (Wildman–Crippen LogP) is 1.87. The third-order valence-electron chi connectivity index (χ3n) is 1.53. The average Bonchev–Trinajstić information content (AvgIpc) is 2.01. The SMILES string of the molecule is Cc1cc(C(F)(F)F)nc(N(C)C)n1. The molecule has 1 aromatic heterocycles. The standard InChI is InChI=1S/C8H10F3N3/c1-5-4-6(8(9,10)11)13-7(12-5)14(2)3/h4H,1-3H3. The van der Waals surface area contributed by atoms with Crippen LogP contribution in [0.15, 0.2) is 6.07 Å². The number of alkyl halides is 3. The Morgan fingerprint density at radius 2 is 1.79 bits per heavy atom. The largest absolute Gasteiger partial charge is 0.433 e. The van der Waals surface area contributed by atoms with Crippen LogP contribution in [0, 0.1) is 6.92 Å². The zero-order chi connectivity index (χ0) is 10.9. The van der Waals surface area contributed by atoms with Crippen LogP contribution in [0.4, 0.5) is 19.1 Å². The molecule has 0 N–H and O–H groups in total. The van der Waals surface area contributed by atoms with Gasteiger partial charge in [-0.3, -0.25) is 0 Å². The third-order valence-corrected chi connectivity index (χ3v) is 1.53. The summed E-state index contributed by atoms with van der Waals surface area (Å²) in [6.07, 6.45) is -4.42. The molecule has 0 spiro atoms. The molecule has 0 saturated heterocycles. The molecule has 0 bridgehead atoms. The van der Waals surface area contributed by atoms with Gasteiger partial charge in [-0.25, -0.2) is 9.97 Å². The fraction of sp³-hybridized carbons (Fsp3) is 0.500. The van der Waals surface area contributed by atoms with Gasteiger partial charge in [-0.15, -0.1) is 0 Å². The van der Waals surface area contributed by atoms with E-state index in [9.17, 15) is 13.2 Å². The second kappa shape index (κ2) is 3.43. The molecule has 78 valence electrons. The number of hydrogen-bond acceptors (Lipinski definition) is 3. The highest BCUT2D eigenvalue weighted by Gasteiger charge is 2.33. The summed E-state index contributed by atoms with van der Waals surface area (Å²) in [5.74, 6) is 0.0670. The van der Waals surface area contributed by atoms with Gasteiger partial charge in [0.1, 0.15) is 5.69 Å². The minimum atomic E-state index is -4.42. The molecule has 0 aromatic carbocycles. The number of nitrogens with zero attached hydrogens (tertiary/aromatic N) is 3. The molecule has 1 aromatic rings. The van der Waals surface area contributed by atoms with Crippen LogP contribution in [-0.2, 0) is 6.18 Å². The molecule has 0 amide bonds. The highest BCUT2D eigenvalue weighted by atomic mass is 19.4. The lowest BCUT2D eigenvalue weighted by atomic mass is 10.3. The summed E-state index contributed by atoms with van der Waals surface area (Å²) in [6.45, 7) is 1.50. The molecule has 0 aliphatic rings. The van der Waals surface area contributed by atoms with E-state index in [1.165, 1.54) is 11.8 Å². The number of rotatable bonds is 1. The Morgan fingerprint density at radius 1 is 1.21 bits per heavy atom. The van der Waals surface area contributed by atoms with Crippen LogP contribution in [0.1, 0.15) is 11.4 Å². The molecule has 3 nitrogen and oxygen atoms in total. The Hall–Kier alpha value is -1.33. The first-order chi connectivity index (χ1) is 6.30. The van der Waals surface area contributed by atoms with Gasteiger partial charge in [0, 0.05) is 19.8 Å². The van der Waals surface area contributed by atoms with Crippen molar-refractivity contribution in [2.45, 2.75) is 13.1 Å². The van der Waals surface area contributed by atoms with E-state index < -0.39 is 11.9 Å². The summed E-state index contributed by atoms with van der Waals surface area (Å²) in [5.41, 5.74) is -0.607. The summed E-state index contributed by atoms with van der Waals surface area (Å²) >= 11 is 0. The first kappa shape index (κ1) is 10.7. The number of anilines is 1. The van der Waals surface area contributed by atoms with E-state index in [1.54, 1.807) is 14.1 Å². The third kappa shape index (κ3) is 2.34. The molecule has 0 unspecified atom stereocenters. The fourth-order valence-electron chi connectivity index (χ4n) is 0.898. The molecule has 1 heterocycles. The summed E-state index contributed by atoms with van der Waals surface area (Å²) in [5, 5.41) is 0. The first-order valence-electron chi connectivity index (χ1n) is 3.91. The number of aryl methyl sites for hydroxylation is 1. The maximum Gasteiger partial charge on any atom is 0.433 e. The molecule has 14 heavy (non-hydrogen) atoms. The van der Waals surface area contributed by atoms with Crippen molar-refractivity contribution in [3.05, 3.63) is 17.5 Å². The number of aromatic nitrogens is 2. The van der Waals surface area contributed by atoms with E-state index >= 15 is 0 Å². The quantitative estimate of drug-likeness (QED) is 0.700. The molecule has 0 aliphatic heterocycles. The lowest BCUT2D eigenvalue weighted by molar-refractivity contribution is -0.141. The smallest absolute Gasteiger partial charge is 0.347 e. The van der Waals surface area contributed by atoms with Gasteiger partial charge in [-0.1, -0.05) is 0 Å². The van der Waals surface area contributed by atoms with E-state index in [2.05, 4.69) is 9.97 Å². The van der Waals surface area contributed by atoms with Crippen molar-refractivity contribution in [3.63, 3.8) is 0 Å². The first-order valence-corrected chi connectivity index (χ1v) is 3.91. The summed E-state index contributed by atoms with van der Waals surface area (Å²) in [6, 6.07) is 0.924. The average molecular weight is 205 g/mol. The van der Waals surface area contributed by atoms with E-state index in [0.29, 0.717) is 5.69 Å². The number of halogens is 3. The lowest BCUT2D eigenvalue weighted by Gasteiger charge is -2.13. The van der Waals surface area contributed by atoms with Crippen LogP contribution < -0.4 is 4.90 Å². The molecular formula is C8H10F3N3. The zero-order valence-electron chi connectivity index (χ0n) is 8.05. The maximum absolute atomic E-state index is 12.3. The van der Waals surface area contributed by atoms with Gasteiger partial charge in [-0.2, -0.15) is 13.2 Å². The van der Waals surface area contributed by atoms with Gasteiger partial charge < -0.3 is 4.90 Å². The van der Waals surface area contributed by atoms with Crippen LogP contribution in [-0.4, -0.2) is 24.1 Å². The predicted molar refractivity (Wildman–Crippen MR) is 46.1 cm³/mol. The molecule has 0 aliphatic carbocycles. The van der Waals surface area contributed by atoms with Crippen LogP contribution >= 0.6 is 0 Å². The Balaban J connectivity index is 3.21. The maximum atomic E-state index is 12.3. The van der Waals surface area contributed by atoms with Crippen LogP contribution in [0.2, 0.25) is 0 Å². The minimum absolute atomic E-state index is 0.0670. The van der Waals surface area contributed by atoms with Gasteiger partial charge in [0.2, 0.25) is 5.95 Å². The highest BCUT2D eigenvalue weighted by Crippen LogP contribution is 2.28. The Morgan fingerprint density at radius 3 is 2.21 bits per heavy atom. The van der Waals surface area contributed by atoms with Gasteiger partial charge in [-0.05, 0) is 13.0 Å². The van der Waals surface area contributed by atoms with Gasteiger partial charge in [0.05, 0.1) is 0 Å². The van der Waals surface area contributed by atoms with Gasteiger partial charge in [0.15, 0.2) is 0 Å². The van der Waals surface area contributed by atoms with Crippen molar-refractivity contribution in [1.29, 1.82) is 0 Å².